The summed E-state index contributed by atoms with van der Waals surface area (Å²) in [7, 11) is 2.21. The zero-order valence-corrected chi connectivity index (χ0v) is 17.3. The van der Waals surface area contributed by atoms with Gasteiger partial charge in [-0.05, 0) is 31.0 Å². The van der Waals surface area contributed by atoms with Gasteiger partial charge in [-0.1, -0.05) is 12.1 Å². The van der Waals surface area contributed by atoms with Crippen LogP contribution in [0.25, 0.3) is 0 Å². The molecule has 1 saturated heterocycles. The summed E-state index contributed by atoms with van der Waals surface area (Å²) in [5.41, 5.74) is 1.33. The number of methoxy groups -OCH3 is 1. The number of nitrogens with zero attached hydrogens (tertiary/aromatic N) is 2. The van der Waals surface area contributed by atoms with E-state index in [-0.39, 0.29) is 11.9 Å². The minimum Gasteiger partial charge on any atom is -0.722 e. The number of halogens is 1. The molecule has 1 aliphatic rings. The van der Waals surface area contributed by atoms with Crippen molar-refractivity contribution in [2.24, 2.45) is 5.92 Å². The van der Waals surface area contributed by atoms with Crippen molar-refractivity contribution in [2.45, 2.75) is 25.8 Å². The maximum absolute atomic E-state index is 12.5. The Kier molecular flexibility index (Phi) is 8.19. The van der Waals surface area contributed by atoms with Gasteiger partial charge >= 0.3 is 0 Å². The molecule has 0 N–H and O–H groups in total. The maximum Gasteiger partial charge on any atom is 0.280 e. The summed E-state index contributed by atoms with van der Waals surface area (Å²) in [6.45, 7) is 4.27. The van der Waals surface area contributed by atoms with Crippen LogP contribution in [0.5, 0.6) is 5.75 Å². The third-order valence-corrected chi connectivity index (χ3v) is 5.12. The van der Waals surface area contributed by atoms with Gasteiger partial charge in [0.2, 0.25) is 0 Å². The van der Waals surface area contributed by atoms with E-state index in [1.54, 1.807) is 12.0 Å². The molecule has 0 spiro atoms. The number of carbonyl (C=O) groups is 1. The lowest BCUT2D eigenvalue weighted by Crippen LogP contribution is -2.54. The van der Waals surface area contributed by atoms with Gasteiger partial charge in [-0.15, -0.1) is 3.89 Å². The predicted octanol–water partition coefficient (Wildman–Crippen LogP) is 1.60. The van der Waals surface area contributed by atoms with Crippen molar-refractivity contribution in [1.29, 1.82) is 0 Å². The van der Waals surface area contributed by atoms with E-state index in [4.69, 9.17) is 17.7 Å². The highest BCUT2D eigenvalue weighted by Gasteiger charge is 2.47. The Labute approximate surface area is 161 Å². The normalized spacial score (nSPS) is 24.7. The second-order valence-corrected chi connectivity index (χ2v) is 8.06. The van der Waals surface area contributed by atoms with Crippen LogP contribution in [0.4, 0.5) is 3.89 Å². The Morgan fingerprint density at radius 2 is 1.85 bits per heavy atom. The summed E-state index contributed by atoms with van der Waals surface area (Å²) < 4.78 is 41.4. The molecule has 9 heteroatoms. The monoisotopic (exact) mass is 404 g/mol. The Bertz CT molecular complexity index is 716. The van der Waals surface area contributed by atoms with Crippen molar-refractivity contribution in [2.75, 3.05) is 41.3 Å². The van der Waals surface area contributed by atoms with Gasteiger partial charge in [0.15, 0.2) is 6.04 Å². The van der Waals surface area contributed by atoms with E-state index in [1.165, 1.54) is 5.56 Å². The molecule has 1 aromatic rings. The lowest BCUT2D eigenvalue weighted by Gasteiger charge is -2.35. The number of benzene rings is 1. The summed E-state index contributed by atoms with van der Waals surface area (Å²) >= 11 is 0. The summed E-state index contributed by atoms with van der Waals surface area (Å²) in [5, 5.41) is 0. The summed E-state index contributed by atoms with van der Waals surface area (Å²) in [5.74, 6) is 1.72. The Balaban J connectivity index is 0.000000646. The van der Waals surface area contributed by atoms with Gasteiger partial charge < -0.3 is 18.7 Å². The van der Waals surface area contributed by atoms with Gasteiger partial charge in [-0.3, -0.25) is 4.79 Å². The Morgan fingerprint density at radius 3 is 2.26 bits per heavy atom. The van der Waals surface area contributed by atoms with Crippen LogP contribution in [0, 0.1) is 5.92 Å². The Hall–Kier alpha value is -1.71. The number of hydrogen-bond acceptors (Lipinski definition) is 5. The van der Waals surface area contributed by atoms with E-state index < -0.39 is 10.5 Å². The largest absolute Gasteiger partial charge is 0.722 e. The van der Waals surface area contributed by atoms with Crippen LogP contribution in [-0.4, -0.2) is 75.6 Å². The minimum absolute atomic E-state index is 0.100. The molecule has 7 nitrogen and oxygen atoms in total. The van der Waals surface area contributed by atoms with Crippen LogP contribution in [0.1, 0.15) is 18.9 Å². The standard InChI is InChI=1S/C18H29N2O2.FHO3S/c1-6-20(4)13-15(12-17(20)18(21)19(2)3)11-14-7-9-16(22-5)10-8-14;1-5(2,3)4/h7-10,15,17H,6,11-13H2,1-5H3;(H,2,3,4)/q+1;/p-1/t15-,17-,20?;/m0./s1. The molecule has 1 amide bonds. The molecule has 1 fully saturated rings. The average molecular weight is 405 g/mol. The number of quaternary nitrogens is 1. The smallest absolute Gasteiger partial charge is 0.280 e. The topological polar surface area (TPSA) is 86.7 Å². The maximum atomic E-state index is 12.5. The van der Waals surface area contributed by atoms with Gasteiger partial charge in [0.25, 0.3) is 16.4 Å². The van der Waals surface area contributed by atoms with Gasteiger partial charge in [0.1, 0.15) is 5.75 Å². The molecule has 154 valence electrons. The van der Waals surface area contributed by atoms with Crippen molar-refractivity contribution in [3.05, 3.63) is 29.8 Å². The molecule has 1 unspecified atom stereocenters. The fourth-order valence-corrected chi connectivity index (χ4v) is 3.62. The van der Waals surface area contributed by atoms with Crippen molar-refractivity contribution < 1.29 is 30.9 Å². The van der Waals surface area contributed by atoms with Crippen LogP contribution in [0.2, 0.25) is 0 Å². The Morgan fingerprint density at radius 1 is 1.33 bits per heavy atom. The van der Waals surface area contributed by atoms with Gasteiger partial charge in [-0.25, -0.2) is 8.42 Å². The van der Waals surface area contributed by atoms with E-state index in [0.717, 1.165) is 36.2 Å². The molecule has 27 heavy (non-hydrogen) atoms. The molecule has 1 aromatic carbocycles. The van der Waals surface area contributed by atoms with Crippen molar-refractivity contribution in [1.82, 2.24) is 4.90 Å². The van der Waals surface area contributed by atoms with Crippen LogP contribution in [-0.2, 0) is 21.7 Å². The first kappa shape index (κ1) is 23.3. The number of likely N-dealkylation sites (tertiary alicyclic amines) is 1. The molecule has 0 aromatic heterocycles. The van der Waals surface area contributed by atoms with E-state index in [0.29, 0.717) is 5.92 Å². The van der Waals surface area contributed by atoms with Gasteiger partial charge in [-0.2, -0.15) is 0 Å². The third-order valence-electron chi connectivity index (χ3n) is 5.12. The van der Waals surface area contributed by atoms with Gasteiger partial charge in [0, 0.05) is 26.4 Å². The quantitative estimate of drug-likeness (QED) is 0.423. The zero-order valence-electron chi connectivity index (χ0n) is 16.5. The molecule has 0 saturated carbocycles. The van der Waals surface area contributed by atoms with E-state index in [9.17, 15) is 8.68 Å². The van der Waals surface area contributed by atoms with Gasteiger partial charge in [0.05, 0.1) is 27.2 Å². The zero-order chi connectivity index (χ0) is 20.8. The first-order chi connectivity index (χ1) is 12.4. The molecule has 3 atom stereocenters. The first-order valence-electron chi connectivity index (χ1n) is 8.73. The highest BCUT2D eigenvalue weighted by atomic mass is 32.3. The highest BCUT2D eigenvalue weighted by Crippen LogP contribution is 2.32. The van der Waals surface area contributed by atoms with E-state index in [1.807, 2.05) is 26.2 Å². The number of carbonyl (C=O) groups excluding carboxylic acids is 1. The summed E-state index contributed by atoms with van der Waals surface area (Å²) in [6, 6.07) is 8.40. The van der Waals surface area contributed by atoms with Crippen molar-refractivity contribution in [3.8, 4) is 5.75 Å². The van der Waals surface area contributed by atoms with Crippen molar-refractivity contribution in [3.63, 3.8) is 0 Å². The molecular weight excluding hydrogens is 375 g/mol. The minimum atomic E-state index is -5.42. The van der Waals surface area contributed by atoms with Crippen molar-refractivity contribution >= 4 is 16.4 Å². The number of amides is 1. The van der Waals surface area contributed by atoms with Crippen LogP contribution in [0.3, 0.4) is 0 Å². The molecule has 0 bridgehead atoms. The number of hydrogen-bond donors (Lipinski definition) is 0. The fraction of sp³-hybridized carbons (Fsp3) is 0.611. The van der Waals surface area contributed by atoms with Crippen LogP contribution >= 0.6 is 0 Å². The molecule has 1 aliphatic heterocycles. The average Bonchev–Trinajstić information content (AvgIpc) is 2.90. The van der Waals surface area contributed by atoms with Crippen LogP contribution < -0.4 is 4.74 Å². The SMILES string of the molecule is CC[N+]1(C)C[C@@H](Cc2ccc(OC)cc2)C[C@H]1C(=O)N(C)C.O=S(=O)([O-])F. The third kappa shape index (κ3) is 7.43. The van der Waals surface area contributed by atoms with Crippen LogP contribution in [0.15, 0.2) is 24.3 Å². The summed E-state index contributed by atoms with van der Waals surface area (Å²) in [4.78, 5) is 14.2. The summed E-state index contributed by atoms with van der Waals surface area (Å²) in [6.07, 6.45) is 2.02. The second kappa shape index (κ2) is 9.48. The number of likely N-dealkylation sites (N-methyl/N-ethyl adjacent to an activating group) is 2. The molecular formula is C18H29FN2O5S. The van der Waals surface area contributed by atoms with E-state index >= 15 is 0 Å². The molecule has 1 heterocycles. The molecule has 0 radical (unpaired) electrons. The molecule has 2 rings (SSSR count). The fourth-order valence-electron chi connectivity index (χ4n) is 3.62. The number of rotatable bonds is 5. The second-order valence-electron chi connectivity index (χ2n) is 7.27. The lowest BCUT2D eigenvalue weighted by atomic mass is 9.96. The highest BCUT2D eigenvalue weighted by molar-refractivity contribution is 7.80. The number of ether oxygens (including phenoxy) is 1. The lowest BCUT2D eigenvalue weighted by molar-refractivity contribution is -0.912. The molecule has 0 aliphatic carbocycles. The van der Waals surface area contributed by atoms with E-state index in [2.05, 4.69) is 26.1 Å². The first-order valence-corrected chi connectivity index (χ1v) is 10.0. The predicted molar refractivity (Wildman–Crippen MR) is 99.7 cm³/mol.